The zero-order chi connectivity index (χ0) is 21.3. The van der Waals surface area contributed by atoms with E-state index in [0.29, 0.717) is 35.3 Å². The molecular formula is C24H28N2O3S. The SMILES string of the molecule is C[C@@H]1C[C@H](COc2ccc(S(C)(=O)=O)cc2)CN1[C@H]1CCc2ccc(C#N)cc2C1. The minimum Gasteiger partial charge on any atom is -0.493 e. The molecule has 1 aliphatic heterocycles. The molecule has 1 aliphatic carbocycles. The van der Waals surface area contributed by atoms with Crippen LogP contribution in [-0.2, 0) is 22.7 Å². The van der Waals surface area contributed by atoms with Crippen molar-refractivity contribution in [3.8, 4) is 11.8 Å². The Labute approximate surface area is 179 Å². The van der Waals surface area contributed by atoms with Crippen LogP contribution in [-0.4, -0.2) is 44.8 Å². The summed E-state index contributed by atoms with van der Waals surface area (Å²) < 4.78 is 29.1. The molecule has 0 bridgehead atoms. The Morgan fingerprint density at radius 2 is 1.93 bits per heavy atom. The summed E-state index contributed by atoms with van der Waals surface area (Å²) in [5, 5.41) is 9.20. The standard InChI is InChI=1S/C24H28N2O3S/c1-17-11-19(16-29-23-7-9-24(10-8-23)30(2,27)28)15-26(17)22-6-5-20-4-3-18(14-25)12-21(20)13-22/h3-4,7-10,12,17,19,22H,5-6,11,13,15-16H2,1-2H3/t17-,19+,22+/m1/s1. The summed E-state index contributed by atoms with van der Waals surface area (Å²) in [5.74, 6) is 1.17. The van der Waals surface area contributed by atoms with E-state index in [1.165, 1.54) is 17.4 Å². The normalized spacial score (nSPS) is 24.2. The molecule has 30 heavy (non-hydrogen) atoms. The average Bonchev–Trinajstić information content (AvgIpc) is 3.11. The smallest absolute Gasteiger partial charge is 0.175 e. The second-order valence-corrected chi connectivity index (χ2v) is 10.7. The Hall–Kier alpha value is -2.36. The maximum atomic E-state index is 11.6. The van der Waals surface area contributed by atoms with Crippen LogP contribution in [0.15, 0.2) is 47.4 Å². The first-order valence-electron chi connectivity index (χ1n) is 10.5. The van der Waals surface area contributed by atoms with Crippen LogP contribution < -0.4 is 4.74 Å². The van der Waals surface area contributed by atoms with Crippen molar-refractivity contribution in [1.29, 1.82) is 5.26 Å². The van der Waals surface area contributed by atoms with E-state index in [1.54, 1.807) is 24.3 Å². The van der Waals surface area contributed by atoms with Gasteiger partial charge in [0, 0.05) is 30.8 Å². The molecule has 1 saturated heterocycles. The number of hydrogen-bond donors (Lipinski definition) is 0. The molecule has 6 heteroatoms. The van der Waals surface area contributed by atoms with Gasteiger partial charge in [-0.25, -0.2) is 8.42 Å². The summed E-state index contributed by atoms with van der Waals surface area (Å²) in [5.41, 5.74) is 3.45. The van der Waals surface area contributed by atoms with Crippen molar-refractivity contribution in [3.05, 3.63) is 59.2 Å². The van der Waals surface area contributed by atoms with E-state index in [1.807, 2.05) is 6.07 Å². The summed E-state index contributed by atoms with van der Waals surface area (Å²) >= 11 is 0. The lowest BCUT2D eigenvalue weighted by atomic mass is 9.86. The fraction of sp³-hybridized carbons (Fsp3) is 0.458. The van der Waals surface area contributed by atoms with Gasteiger partial charge in [0.15, 0.2) is 9.84 Å². The Morgan fingerprint density at radius 3 is 2.63 bits per heavy atom. The minimum atomic E-state index is -3.18. The van der Waals surface area contributed by atoms with Gasteiger partial charge in [0.1, 0.15) is 5.75 Å². The summed E-state index contributed by atoms with van der Waals surface area (Å²) in [6.45, 7) is 3.95. The van der Waals surface area contributed by atoms with Crippen LogP contribution in [0.3, 0.4) is 0 Å². The number of hydrogen-bond acceptors (Lipinski definition) is 5. The largest absolute Gasteiger partial charge is 0.493 e. The van der Waals surface area contributed by atoms with E-state index in [0.717, 1.165) is 37.8 Å². The van der Waals surface area contributed by atoms with Gasteiger partial charge in [-0.05, 0) is 80.1 Å². The van der Waals surface area contributed by atoms with Gasteiger partial charge in [-0.15, -0.1) is 0 Å². The van der Waals surface area contributed by atoms with Crippen molar-refractivity contribution in [1.82, 2.24) is 4.90 Å². The molecule has 3 atom stereocenters. The second kappa shape index (κ2) is 8.41. The minimum absolute atomic E-state index is 0.313. The third kappa shape index (κ3) is 4.53. The average molecular weight is 425 g/mol. The number of rotatable bonds is 5. The molecule has 2 aliphatic rings. The van der Waals surface area contributed by atoms with Crippen LogP contribution in [0, 0.1) is 17.2 Å². The van der Waals surface area contributed by atoms with Crippen LogP contribution in [0.4, 0.5) is 0 Å². The van der Waals surface area contributed by atoms with Crippen LogP contribution in [0.5, 0.6) is 5.75 Å². The third-order valence-electron chi connectivity index (χ3n) is 6.45. The van der Waals surface area contributed by atoms with Gasteiger partial charge in [-0.1, -0.05) is 6.07 Å². The van der Waals surface area contributed by atoms with Crippen molar-refractivity contribution in [2.75, 3.05) is 19.4 Å². The molecule has 4 rings (SSSR count). The van der Waals surface area contributed by atoms with Gasteiger partial charge < -0.3 is 4.74 Å². The second-order valence-electron chi connectivity index (χ2n) is 8.69. The first kappa shape index (κ1) is 20.9. The lowest BCUT2D eigenvalue weighted by Crippen LogP contribution is -2.41. The van der Waals surface area contributed by atoms with E-state index in [4.69, 9.17) is 4.74 Å². The molecule has 0 unspecified atom stereocenters. The van der Waals surface area contributed by atoms with Gasteiger partial charge >= 0.3 is 0 Å². The number of aryl methyl sites for hydroxylation is 1. The molecule has 0 N–H and O–H groups in total. The summed E-state index contributed by atoms with van der Waals surface area (Å²) in [6, 6.07) is 16.0. The maximum absolute atomic E-state index is 11.6. The topological polar surface area (TPSA) is 70.4 Å². The zero-order valence-corrected chi connectivity index (χ0v) is 18.4. The van der Waals surface area contributed by atoms with Crippen LogP contribution in [0.25, 0.3) is 0 Å². The lowest BCUT2D eigenvalue weighted by Gasteiger charge is -2.35. The molecule has 0 amide bonds. The maximum Gasteiger partial charge on any atom is 0.175 e. The molecule has 158 valence electrons. The third-order valence-corrected chi connectivity index (χ3v) is 7.58. The first-order valence-corrected chi connectivity index (χ1v) is 12.4. The number of sulfone groups is 1. The number of nitrogens with zero attached hydrogens (tertiary/aromatic N) is 2. The Kier molecular flexibility index (Phi) is 5.86. The Balaban J connectivity index is 1.35. The van der Waals surface area contributed by atoms with Gasteiger partial charge in [-0.3, -0.25) is 4.90 Å². The highest BCUT2D eigenvalue weighted by Crippen LogP contribution is 2.32. The Morgan fingerprint density at radius 1 is 1.17 bits per heavy atom. The molecular weight excluding hydrogens is 396 g/mol. The van der Waals surface area contributed by atoms with E-state index in [-0.39, 0.29) is 0 Å². The summed E-state index contributed by atoms with van der Waals surface area (Å²) in [6.07, 6.45) is 5.55. The number of ether oxygens (including phenoxy) is 1. The van der Waals surface area contributed by atoms with Crippen molar-refractivity contribution in [2.45, 2.75) is 49.6 Å². The monoisotopic (exact) mass is 424 g/mol. The predicted octanol–water partition coefficient (Wildman–Crippen LogP) is 3.61. The number of nitriles is 1. The summed E-state index contributed by atoms with van der Waals surface area (Å²) in [7, 11) is -3.18. The van der Waals surface area contributed by atoms with Crippen LogP contribution in [0.1, 0.15) is 36.5 Å². The quantitative estimate of drug-likeness (QED) is 0.733. The van der Waals surface area contributed by atoms with Crippen molar-refractivity contribution < 1.29 is 13.2 Å². The first-order chi connectivity index (χ1) is 14.3. The molecule has 2 aromatic carbocycles. The number of fused-ring (bicyclic) bond motifs is 1. The fourth-order valence-corrected chi connectivity index (χ4v) is 5.52. The summed E-state index contributed by atoms with van der Waals surface area (Å²) in [4.78, 5) is 2.93. The van der Waals surface area contributed by atoms with Gasteiger partial charge in [0.25, 0.3) is 0 Å². The highest BCUT2D eigenvalue weighted by molar-refractivity contribution is 7.90. The molecule has 0 radical (unpaired) electrons. The van der Waals surface area contributed by atoms with Gasteiger partial charge in [0.05, 0.1) is 23.1 Å². The number of likely N-dealkylation sites (tertiary alicyclic amines) is 1. The molecule has 0 aromatic heterocycles. The van der Waals surface area contributed by atoms with Gasteiger partial charge in [0.2, 0.25) is 0 Å². The predicted molar refractivity (Wildman–Crippen MR) is 116 cm³/mol. The molecule has 5 nitrogen and oxygen atoms in total. The highest BCUT2D eigenvalue weighted by Gasteiger charge is 2.35. The lowest BCUT2D eigenvalue weighted by molar-refractivity contribution is 0.164. The molecule has 2 aromatic rings. The fourth-order valence-electron chi connectivity index (χ4n) is 4.89. The molecule has 0 saturated carbocycles. The van der Waals surface area contributed by atoms with Crippen molar-refractivity contribution in [2.24, 2.45) is 5.92 Å². The highest BCUT2D eigenvalue weighted by atomic mass is 32.2. The van der Waals surface area contributed by atoms with E-state index in [9.17, 15) is 13.7 Å². The zero-order valence-electron chi connectivity index (χ0n) is 17.5. The van der Waals surface area contributed by atoms with E-state index in [2.05, 4.69) is 30.0 Å². The van der Waals surface area contributed by atoms with Gasteiger partial charge in [-0.2, -0.15) is 5.26 Å². The van der Waals surface area contributed by atoms with Crippen molar-refractivity contribution in [3.63, 3.8) is 0 Å². The number of benzene rings is 2. The van der Waals surface area contributed by atoms with Crippen molar-refractivity contribution >= 4 is 9.84 Å². The van der Waals surface area contributed by atoms with E-state index < -0.39 is 9.84 Å². The van der Waals surface area contributed by atoms with Crippen LogP contribution >= 0.6 is 0 Å². The molecule has 1 fully saturated rings. The van der Waals surface area contributed by atoms with Crippen LogP contribution in [0.2, 0.25) is 0 Å². The van der Waals surface area contributed by atoms with E-state index >= 15 is 0 Å². The Bertz CT molecular complexity index is 1060. The molecule has 1 heterocycles. The molecule has 0 spiro atoms.